The monoisotopic (exact) mass is 268 g/mol. The third kappa shape index (κ3) is 2.13. The average molecular weight is 268 g/mol. The molecule has 0 bridgehead atoms. The third-order valence-electron chi connectivity index (χ3n) is 3.26. The van der Waals surface area contributed by atoms with Gasteiger partial charge in [-0.05, 0) is 29.1 Å². The molecule has 0 aliphatic heterocycles. The van der Waals surface area contributed by atoms with Crippen LogP contribution in [0.25, 0.3) is 10.8 Å². The number of aromatic nitrogens is 2. The van der Waals surface area contributed by atoms with Crippen molar-refractivity contribution in [2.45, 2.75) is 6.04 Å². The van der Waals surface area contributed by atoms with E-state index < -0.39 is 11.9 Å². The zero-order valence-corrected chi connectivity index (χ0v) is 10.6. The van der Waals surface area contributed by atoms with E-state index in [0.717, 1.165) is 16.3 Å². The maximum Gasteiger partial charge on any atom is 0.146 e. The van der Waals surface area contributed by atoms with Gasteiger partial charge >= 0.3 is 0 Å². The molecule has 1 unspecified atom stereocenters. The Balaban J connectivity index is 2.20. The van der Waals surface area contributed by atoms with Crippen LogP contribution >= 0.6 is 0 Å². The lowest BCUT2D eigenvalue weighted by atomic mass is 9.98. The standard InChI is InChI=1S/C15H13FN4/c16-13-5-2-7-19-15(13)14(20-17)11-4-1-3-10-6-8-18-9-12(10)11/h1-9,14,20H,17H2. The van der Waals surface area contributed by atoms with Crippen LogP contribution in [-0.2, 0) is 0 Å². The Kier molecular flexibility index (Phi) is 3.37. The van der Waals surface area contributed by atoms with Crippen LogP contribution in [0.2, 0.25) is 0 Å². The van der Waals surface area contributed by atoms with Gasteiger partial charge in [-0.1, -0.05) is 18.2 Å². The molecule has 0 aliphatic carbocycles. The minimum atomic E-state index is -0.524. The summed E-state index contributed by atoms with van der Waals surface area (Å²) in [6, 6.07) is 10.1. The largest absolute Gasteiger partial charge is 0.271 e. The molecule has 3 N–H and O–H groups in total. The molecule has 0 radical (unpaired) electrons. The van der Waals surface area contributed by atoms with E-state index in [0.29, 0.717) is 0 Å². The maximum atomic E-state index is 13.9. The second-order valence-electron chi connectivity index (χ2n) is 4.41. The van der Waals surface area contributed by atoms with Gasteiger partial charge in [0, 0.05) is 24.0 Å². The van der Waals surface area contributed by atoms with Gasteiger partial charge in [-0.15, -0.1) is 0 Å². The second-order valence-corrected chi connectivity index (χ2v) is 4.41. The number of rotatable bonds is 3. The molecule has 1 aromatic carbocycles. The van der Waals surface area contributed by atoms with Gasteiger partial charge < -0.3 is 0 Å². The predicted molar refractivity (Wildman–Crippen MR) is 75.1 cm³/mol. The molecule has 2 aromatic heterocycles. The SMILES string of the molecule is NNC(c1ncccc1F)c1cccc2ccncc12. The van der Waals surface area contributed by atoms with Crippen molar-refractivity contribution < 1.29 is 4.39 Å². The molecule has 20 heavy (non-hydrogen) atoms. The van der Waals surface area contributed by atoms with E-state index in [-0.39, 0.29) is 5.69 Å². The summed E-state index contributed by atoms with van der Waals surface area (Å²) in [6.07, 6.45) is 5.01. The van der Waals surface area contributed by atoms with Crippen LogP contribution in [-0.4, -0.2) is 9.97 Å². The molecule has 1 atom stereocenters. The van der Waals surface area contributed by atoms with E-state index in [1.807, 2.05) is 24.3 Å². The number of hydrazine groups is 1. The van der Waals surface area contributed by atoms with Crippen molar-refractivity contribution in [2.75, 3.05) is 0 Å². The van der Waals surface area contributed by atoms with Gasteiger partial charge in [-0.25, -0.2) is 9.82 Å². The summed E-state index contributed by atoms with van der Waals surface area (Å²) in [5, 5.41) is 1.94. The predicted octanol–water partition coefficient (Wildman–Crippen LogP) is 2.32. The first-order valence-corrected chi connectivity index (χ1v) is 6.20. The number of hydrogen-bond donors (Lipinski definition) is 2. The zero-order valence-electron chi connectivity index (χ0n) is 10.6. The van der Waals surface area contributed by atoms with E-state index in [4.69, 9.17) is 5.84 Å². The molecule has 0 amide bonds. The Labute approximate surface area is 115 Å². The Morgan fingerprint density at radius 1 is 1.10 bits per heavy atom. The van der Waals surface area contributed by atoms with E-state index >= 15 is 0 Å². The van der Waals surface area contributed by atoms with Gasteiger partial charge in [-0.2, -0.15) is 0 Å². The molecule has 4 nitrogen and oxygen atoms in total. The topological polar surface area (TPSA) is 63.8 Å². The second kappa shape index (κ2) is 5.32. The molecular weight excluding hydrogens is 255 g/mol. The van der Waals surface area contributed by atoms with Crippen LogP contribution in [0.4, 0.5) is 4.39 Å². The van der Waals surface area contributed by atoms with E-state index in [1.165, 1.54) is 6.07 Å². The Morgan fingerprint density at radius 3 is 2.80 bits per heavy atom. The van der Waals surface area contributed by atoms with Crippen molar-refractivity contribution in [3.8, 4) is 0 Å². The van der Waals surface area contributed by atoms with Crippen molar-refractivity contribution in [3.05, 3.63) is 72.1 Å². The molecule has 0 fully saturated rings. The van der Waals surface area contributed by atoms with E-state index in [1.54, 1.807) is 24.7 Å². The van der Waals surface area contributed by atoms with Crippen LogP contribution in [0.3, 0.4) is 0 Å². The van der Waals surface area contributed by atoms with Crippen LogP contribution in [0.5, 0.6) is 0 Å². The highest BCUT2D eigenvalue weighted by molar-refractivity contribution is 5.85. The fraction of sp³-hybridized carbons (Fsp3) is 0.0667. The highest BCUT2D eigenvalue weighted by Crippen LogP contribution is 2.28. The molecule has 3 rings (SSSR count). The molecule has 100 valence electrons. The summed E-state index contributed by atoms with van der Waals surface area (Å²) in [7, 11) is 0. The molecule has 0 spiro atoms. The Hall–Kier alpha value is -2.37. The number of nitrogens with one attached hydrogen (secondary N) is 1. The molecule has 2 heterocycles. The highest BCUT2D eigenvalue weighted by Gasteiger charge is 2.19. The number of nitrogens with zero attached hydrogens (tertiary/aromatic N) is 2. The van der Waals surface area contributed by atoms with E-state index in [9.17, 15) is 4.39 Å². The highest BCUT2D eigenvalue weighted by atomic mass is 19.1. The zero-order chi connectivity index (χ0) is 13.9. The molecular formula is C15H13FN4. The van der Waals surface area contributed by atoms with Crippen molar-refractivity contribution in [3.63, 3.8) is 0 Å². The number of benzene rings is 1. The Morgan fingerprint density at radius 2 is 2.00 bits per heavy atom. The van der Waals surface area contributed by atoms with Gasteiger partial charge in [-0.3, -0.25) is 15.8 Å². The lowest BCUT2D eigenvalue weighted by Gasteiger charge is -2.18. The molecule has 0 saturated carbocycles. The lowest BCUT2D eigenvalue weighted by molar-refractivity contribution is 0.545. The van der Waals surface area contributed by atoms with Crippen molar-refractivity contribution >= 4 is 10.8 Å². The van der Waals surface area contributed by atoms with Gasteiger partial charge in [0.05, 0.1) is 11.7 Å². The van der Waals surface area contributed by atoms with Crippen molar-refractivity contribution in [1.29, 1.82) is 0 Å². The number of fused-ring (bicyclic) bond motifs is 1. The minimum absolute atomic E-state index is 0.270. The lowest BCUT2D eigenvalue weighted by Crippen LogP contribution is -2.30. The average Bonchev–Trinajstić information content (AvgIpc) is 2.50. The van der Waals surface area contributed by atoms with Crippen molar-refractivity contribution in [2.24, 2.45) is 5.84 Å². The van der Waals surface area contributed by atoms with Gasteiger partial charge in [0.1, 0.15) is 5.82 Å². The molecule has 5 heteroatoms. The third-order valence-corrected chi connectivity index (χ3v) is 3.26. The van der Waals surface area contributed by atoms with Gasteiger partial charge in [0.15, 0.2) is 0 Å². The van der Waals surface area contributed by atoms with E-state index in [2.05, 4.69) is 15.4 Å². The fourth-order valence-corrected chi connectivity index (χ4v) is 2.32. The number of halogens is 1. The summed E-state index contributed by atoms with van der Waals surface area (Å²) in [6.45, 7) is 0. The summed E-state index contributed by atoms with van der Waals surface area (Å²) >= 11 is 0. The van der Waals surface area contributed by atoms with Crippen LogP contribution in [0, 0.1) is 5.82 Å². The van der Waals surface area contributed by atoms with Crippen molar-refractivity contribution in [1.82, 2.24) is 15.4 Å². The van der Waals surface area contributed by atoms with Crippen LogP contribution < -0.4 is 11.3 Å². The number of pyridine rings is 2. The number of nitrogens with two attached hydrogens (primary N) is 1. The minimum Gasteiger partial charge on any atom is -0.271 e. The molecule has 0 aliphatic rings. The Bertz CT molecular complexity index is 739. The first kappa shape index (κ1) is 12.7. The first-order chi connectivity index (χ1) is 9.81. The summed E-state index contributed by atoms with van der Waals surface area (Å²) < 4.78 is 13.9. The quantitative estimate of drug-likeness (QED) is 0.565. The smallest absolute Gasteiger partial charge is 0.146 e. The summed E-state index contributed by atoms with van der Waals surface area (Å²) in [4.78, 5) is 8.22. The van der Waals surface area contributed by atoms with Crippen LogP contribution in [0.15, 0.2) is 55.0 Å². The maximum absolute atomic E-state index is 13.9. The molecule has 3 aromatic rings. The fourth-order valence-electron chi connectivity index (χ4n) is 2.32. The van der Waals surface area contributed by atoms with Crippen LogP contribution in [0.1, 0.15) is 17.3 Å². The summed E-state index contributed by atoms with van der Waals surface area (Å²) in [5.41, 5.74) is 3.75. The normalized spacial score (nSPS) is 12.5. The summed E-state index contributed by atoms with van der Waals surface area (Å²) in [5.74, 6) is 5.23. The first-order valence-electron chi connectivity index (χ1n) is 6.20. The van der Waals surface area contributed by atoms with Gasteiger partial charge in [0.2, 0.25) is 0 Å². The number of hydrogen-bond acceptors (Lipinski definition) is 4. The van der Waals surface area contributed by atoms with Gasteiger partial charge in [0.25, 0.3) is 0 Å². The molecule has 0 saturated heterocycles.